The highest BCUT2D eigenvalue weighted by Crippen LogP contribution is 2.46. The normalized spacial score (nSPS) is 14.7. The molecule has 6 heteroatoms. The van der Waals surface area contributed by atoms with Gasteiger partial charge in [-0.2, -0.15) is 0 Å². The summed E-state index contributed by atoms with van der Waals surface area (Å²) in [6.45, 7) is 4.48. The molecule has 4 aliphatic rings. The van der Waals surface area contributed by atoms with E-state index in [2.05, 4.69) is 98.8 Å². The van der Waals surface area contributed by atoms with E-state index in [0.717, 1.165) is 77.7 Å². The number of rotatable bonds is 4. The first kappa shape index (κ1) is 31.9. The molecule has 0 atom stereocenters. The summed E-state index contributed by atoms with van der Waals surface area (Å²) in [5.41, 5.74) is 12.8. The molecule has 57 heavy (non-hydrogen) atoms. The summed E-state index contributed by atoms with van der Waals surface area (Å²) in [7, 11) is 0. The molecule has 12 rings (SSSR count). The lowest BCUT2D eigenvalue weighted by molar-refractivity contribution is 0.0999. The average Bonchev–Trinajstić information content (AvgIpc) is 3.70. The second-order valence-electron chi connectivity index (χ2n) is 15.8. The number of benzene rings is 8. The standard InChI is InChI=1S/C51H32N4O2/c1-51(2,35-21-15-29(16-22-35)33-19-25-37-39(27-33)49(56)54-43-13-5-9-31-7-3-11-41(45(31)43)52-47(37)54)36-23-17-30(18-24-36)34-20-26-38-40(28-34)50(57)55-44-14-6-10-32-8-4-12-42(46(32)44)53-48(38)55/h3-28H,1-2H3. The smallest absolute Gasteiger partial charge is 0.264 e. The minimum absolute atomic E-state index is 0.0469. The van der Waals surface area contributed by atoms with Gasteiger partial charge in [0.15, 0.2) is 0 Å². The van der Waals surface area contributed by atoms with Gasteiger partial charge < -0.3 is 0 Å². The Balaban J connectivity index is 0.809. The molecule has 0 N–H and O–H groups in total. The van der Waals surface area contributed by atoms with Crippen LogP contribution in [0.1, 0.15) is 56.8 Å². The monoisotopic (exact) mass is 732 g/mol. The van der Waals surface area contributed by atoms with E-state index in [1.165, 1.54) is 11.1 Å². The van der Waals surface area contributed by atoms with E-state index in [1.807, 2.05) is 72.8 Å². The van der Waals surface area contributed by atoms with Gasteiger partial charge in [0.05, 0.1) is 33.9 Å². The number of anilines is 2. The zero-order valence-corrected chi connectivity index (χ0v) is 31.1. The van der Waals surface area contributed by atoms with Crippen molar-refractivity contribution in [3.8, 4) is 22.3 Å². The van der Waals surface area contributed by atoms with Gasteiger partial charge in [0.1, 0.15) is 11.7 Å². The Morgan fingerprint density at radius 3 is 1.23 bits per heavy atom. The molecule has 2 amide bonds. The lowest BCUT2D eigenvalue weighted by Crippen LogP contribution is -2.31. The first-order valence-corrected chi connectivity index (χ1v) is 19.2. The Morgan fingerprint density at radius 1 is 0.421 bits per heavy atom. The first-order chi connectivity index (χ1) is 27.8. The maximum absolute atomic E-state index is 13.9. The Morgan fingerprint density at radius 2 is 0.807 bits per heavy atom. The van der Waals surface area contributed by atoms with E-state index in [1.54, 1.807) is 9.80 Å². The number of nitrogens with zero attached hydrogens (tertiary/aromatic N) is 4. The van der Waals surface area contributed by atoms with E-state index in [4.69, 9.17) is 9.98 Å². The van der Waals surface area contributed by atoms with Crippen molar-refractivity contribution in [2.45, 2.75) is 19.3 Å². The molecule has 0 aromatic heterocycles. The summed E-state index contributed by atoms with van der Waals surface area (Å²) < 4.78 is 0. The Hall–Kier alpha value is -7.44. The van der Waals surface area contributed by atoms with E-state index in [-0.39, 0.29) is 17.2 Å². The van der Waals surface area contributed by atoms with Gasteiger partial charge in [-0.05, 0) is 92.7 Å². The van der Waals surface area contributed by atoms with E-state index in [9.17, 15) is 9.59 Å². The number of amidine groups is 2. The molecule has 0 spiro atoms. The van der Waals surface area contributed by atoms with E-state index < -0.39 is 0 Å². The quantitative estimate of drug-likeness (QED) is 0.181. The van der Waals surface area contributed by atoms with Crippen LogP contribution in [-0.2, 0) is 5.41 Å². The fraction of sp³-hybridized carbons (Fsp3) is 0.0588. The van der Waals surface area contributed by atoms with Gasteiger partial charge in [-0.3, -0.25) is 19.4 Å². The van der Waals surface area contributed by atoms with Crippen LogP contribution in [0.15, 0.2) is 168 Å². The minimum Gasteiger partial charge on any atom is -0.268 e. The zero-order valence-electron chi connectivity index (χ0n) is 31.1. The summed E-state index contributed by atoms with van der Waals surface area (Å²) in [6, 6.07) is 53.9. The molecule has 0 fully saturated rings. The molecule has 268 valence electrons. The second kappa shape index (κ2) is 11.3. The Bertz CT molecular complexity index is 2970. The highest BCUT2D eigenvalue weighted by molar-refractivity contribution is 6.41. The number of carbonyl (C=O) groups is 2. The summed E-state index contributed by atoms with van der Waals surface area (Å²) >= 11 is 0. The topological polar surface area (TPSA) is 65.3 Å². The number of carbonyl (C=O) groups excluding carboxylic acids is 2. The number of amides is 2. The molecule has 0 bridgehead atoms. The number of hydrogen-bond acceptors (Lipinski definition) is 4. The molecule has 6 nitrogen and oxygen atoms in total. The van der Waals surface area contributed by atoms with Crippen LogP contribution < -0.4 is 9.80 Å². The van der Waals surface area contributed by atoms with Gasteiger partial charge in [-0.15, -0.1) is 0 Å². The predicted octanol–water partition coefficient (Wildman–Crippen LogP) is 11.8. The number of hydrogen-bond donors (Lipinski definition) is 0. The van der Waals surface area contributed by atoms with Crippen LogP contribution in [0.25, 0.3) is 43.8 Å². The predicted molar refractivity (Wildman–Crippen MR) is 230 cm³/mol. The maximum atomic E-state index is 13.9. The lowest BCUT2D eigenvalue weighted by Gasteiger charge is -2.26. The second-order valence-corrected chi connectivity index (χ2v) is 15.8. The third-order valence-corrected chi connectivity index (χ3v) is 12.3. The fourth-order valence-corrected chi connectivity index (χ4v) is 9.25. The summed E-state index contributed by atoms with van der Waals surface area (Å²) in [4.78, 5) is 41.3. The largest absolute Gasteiger partial charge is 0.268 e. The molecular formula is C51H32N4O2. The van der Waals surface area contributed by atoms with Crippen LogP contribution in [0.3, 0.4) is 0 Å². The summed E-state index contributed by atoms with van der Waals surface area (Å²) in [5, 5.41) is 4.17. The molecule has 8 aromatic carbocycles. The van der Waals surface area contributed by atoms with Crippen molar-refractivity contribution >= 4 is 67.8 Å². The van der Waals surface area contributed by atoms with Crippen molar-refractivity contribution in [3.05, 3.63) is 191 Å². The van der Waals surface area contributed by atoms with Crippen molar-refractivity contribution in [2.24, 2.45) is 9.98 Å². The van der Waals surface area contributed by atoms with Crippen LogP contribution >= 0.6 is 0 Å². The van der Waals surface area contributed by atoms with E-state index >= 15 is 0 Å². The highest BCUT2D eigenvalue weighted by atomic mass is 16.2. The lowest BCUT2D eigenvalue weighted by atomic mass is 9.77. The third kappa shape index (κ3) is 4.41. The van der Waals surface area contributed by atoms with Crippen LogP contribution in [0, 0.1) is 0 Å². The van der Waals surface area contributed by atoms with Crippen LogP contribution in [0.5, 0.6) is 0 Å². The Labute approximate surface area is 328 Å². The first-order valence-electron chi connectivity index (χ1n) is 19.2. The SMILES string of the molecule is CC(C)(c1ccc(-c2ccc3c(c2)C(=O)N2C3=Nc3cccc4cccc2c34)cc1)c1ccc(-c2ccc3c(c2)C(=O)N2C3=Nc3cccc4cccc2c34)cc1. The van der Waals surface area contributed by atoms with Crippen molar-refractivity contribution in [3.63, 3.8) is 0 Å². The number of fused-ring (bicyclic) bond motifs is 8. The summed E-state index contributed by atoms with van der Waals surface area (Å²) in [6.07, 6.45) is 0. The van der Waals surface area contributed by atoms with Gasteiger partial charge >= 0.3 is 0 Å². The van der Waals surface area contributed by atoms with Gasteiger partial charge in [-0.1, -0.05) is 123 Å². The van der Waals surface area contributed by atoms with Crippen LogP contribution in [0.4, 0.5) is 22.7 Å². The van der Waals surface area contributed by atoms with Crippen molar-refractivity contribution in [1.29, 1.82) is 0 Å². The molecule has 0 saturated carbocycles. The van der Waals surface area contributed by atoms with Crippen molar-refractivity contribution in [1.82, 2.24) is 0 Å². The molecule has 0 radical (unpaired) electrons. The maximum Gasteiger partial charge on any atom is 0.264 e. The van der Waals surface area contributed by atoms with E-state index in [0.29, 0.717) is 22.8 Å². The molecule has 4 aliphatic heterocycles. The molecule has 0 saturated heterocycles. The molecule has 0 unspecified atom stereocenters. The average molecular weight is 733 g/mol. The highest BCUT2D eigenvalue weighted by Gasteiger charge is 2.40. The van der Waals surface area contributed by atoms with Crippen LogP contribution in [0.2, 0.25) is 0 Å². The number of aliphatic imine (C=N–C) groups is 2. The minimum atomic E-state index is -0.271. The zero-order chi connectivity index (χ0) is 38.2. The van der Waals surface area contributed by atoms with Gasteiger partial charge in [0.2, 0.25) is 0 Å². The third-order valence-electron chi connectivity index (χ3n) is 12.3. The Kier molecular flexibility index (Phi) is 6.32. The molecule has 0 aliphatic carbocycles. The van der Waals surface area contributed by atoms with Gasteiger partial charge in [-0.25, -0.2) is 9.98 Å². The van der Waals surface area contributed by atoms with Crippen LogP contribution in [-0.4, -0.2) is 23.5 Å². The summed E-state index contributed by atoms with van der Waals surface area (Å²) in [5.74, 6) is 1.29. The molecule has 8 aromatic rings. The van der Waals surface area contributed by atoms with Gasteiger partial charge in [0, 0.05) is 27.3 Å². The molecular weight excluding hydrogens is 701 g/mol. The molecule has 4 heterocycles. The van der Waals surface area contributed by atoms with Crippen molar-refractivity contribution in [2.75, 3.05) is 9.80 Å². The fourth-order valence-electron chi connectivity index (χ4n) is 9.25. The van der Waals surface area contributed by atoms with Gasteiger partial charge in [0.25, 0.3) is 11.8 Å². The van der Waals surface area contributed by atoms with Crippen molar-refractivity contribution < 1.29 is 9.59 Å².